The van der Waals surface area contributed by atoms with E-state index in [9.17, 15) is 4.79 Å². The first-order valence-electron chi connectivity index (χ1n) is 7.31. The summed E-state index contributed by atoms with van der Waals surface area (Å²) in [5.74, 6) is -0.292. The van der Waals surface area contributed by atoms with Gasteiger partial charge in [-0.05, 0) is 13.3 Å². The zero-order valence-corrected chi connectivity index (χ0v) is 13.3. The fourth-order valence-corrected chi connectivity index (χ4v) is 3.98. The maximum absolute atomic E-state index is 11.7. The SMILES string of the molecule is COC(=O)c1sc(N2CCC(N3CCOCC3)C2)nc1C. The predicted molar refractivity (Wildman–Crippen MR) is 81.2 cm³/mol. The van der Waals surface area contributed by atoms with Gasteiger partial charge in [-0.3, -0.25) is 4.90 Å². The number of thiazole rings is 1. The first-order chi connectivity index (χ1) is 10.2. The molecule has 21 heavy (non-hydrogen) atoms. The normalized spacial score (nSPS) is 23.5. The maximum Gasteiger partial charge on any atom is 0.350 e. The third-order valence-electron chi connectivity index (χ3n) is 4.15. The Bertz CT molecular complexity index is 514. The van der Waals surface area contributed by atoms with Crippen LogP contribution < -0.4 is 4.90 Å². The molecule has 0 radical (unpaired) electrons. The van der Waals surface area contributed by atoms with E-state index < -0.39 is 0 Å². The van der Waals surface area contributed by atoms with Crippen LogP contribution in [0.3, 0.4) is 0 Å². The summed E-state index contributed by atoms with van der Waals surface area (Å²) < 4.78 is 10.2. The van der Waals surface area contributed by atoms with E-state index in [0.29, 0.717) is 10.9 Å². The Hall–Kier alpha value is -1.18. The molecule has 0 saturated carbocycles. The Morgan fingerprint density at radius 2 is 2.14 bits per heavy atom. The smallest absolute Gasteiger partial charge is 0.350 e. The Morgan fingerprint density at radius 1 is 1.38 bits per heavy atom. The van der Waals surface area contributed by atoms with Crippen LogP contribution >= 0.6 is 11.3 Å². The monoisotopic (exact) mass is 311 g/mol. The van der Waals surface area contributed by atoms with Crippen molar-refractivity contribution in [1.29, 1.82) is 0 Å². The summed E-state index contributed by atoms with van der Waals surface area (Å²) in [4.78, 5) is 21.6. The van der Waals surface area contributed by atoms with Crippen LogP contribution in [0.15, 0.2) is 0 Å². The summed E-state index contributed by atoms with van der Waals surface area (Å²) in [5.41, 5.74) is 0.761. The largest absolute Gasteiger partial charge is 0.465 e. The van der Waals surface area contributed by atoms with Gasteiger partial charge in [0.25, 0.3) is 0 Å². The highest BCUT2D eigenvalue weighted by Gasteiger charge is 2.31. The summed E-state index contributed by atoms with van der Waals surface area (Å²) in [6.07, 6.45) is 1.15. The van der Waals surface area contributed by atoms with Gasteiger partial charge in [-0.1, -0.05) is 11.3 Å². The van der Waals surface area contributed by atoms with Gasteiger partial charge in [-0.2, -0.15) is 0 Å². The number of esters is 1. The van der Waals surface area contributed by atoms with E-state index in [2.05, 4.69) is 14.8 Å². The molecule has 2 fully saturated rings. The highest BCUT2D eigenvalue weighted by Crippen LogP contribution is 2.30. The number of rotatable bonds is 3. The molecular formula is C14H21N3O3S. The van der Waals surface area contributed by atoms with Gasteiger partial charge in [-0.15, -0.1) is 0 Å². The summed E-state index contributed by atoms with van der Waals surface area (Å²) in [5, 5.41) is 0.934. The summed E-state index contributed by atoms with van der Waals surface area (Å²) >= 11 is 1.44. The number of hydrogen-bond acceptors (Lipinski definition) is 7. The van der Waals surface area contributed by atoms with Crippen LogP contribution in [0.1, 0.15) is 21.8 Å². The molecule has 0 N–H and O–H groups in total. The van der Waals surface area contributed by atoms with Gasteiger partial charge in [0, 0.05) is 32.2 Å². The lowest BCUT2D eigenvalue weighted by Crippen LogP contribution is -2.44. The molecule has 2 aliphatic rings. The van der Waals surface area contributed by atoms with E-state index in [1.165, 1.54) is 18.4 Å². The number of carbonyl (C=O) groups is 1. The number of morpholine rings is 1. The molecule has 1 unspecified atom stereocenters. The number of nitrogens with zero attached hydrogens (tertiary/aromatic N) is 3. The quantitative estimate of drug-likeness (QED) is 0.781. The molecule has 3 rings (SSSR count). The lowest BCUT2D eigenvalue weighted by Gasteiger charge is -2.32. The Kier molecular flexibility index (Phi) is 4.42. The standard InChI is InChI=1S/C14H21N3O3S/c1-10-12(13(18)19-2)21-14(15-10)17-4-3-11(9-17)16-5-7-20-8-6-16/h11H,3-9H2,1-2H3. The molecule has 6 nitrogen and oxygen atoms in total. The van der Waals surface area contributed by atoms with E-state index in [1.807, 2.05) is 6.92 Å². The minimum Gasteiger partial charge on any atom is -0.465 e. The zero-order chi connectivity index (χ0) is 14.8. The van der Waals surface area contributed by atoms with Gasteiger partial charge in [0.1, 0.15) is 4.88 Å². The molecule has 0 spiro atoms. The van der Waals surface area contributed by atoms with Gasteiger partial charge >= 0.3 is 5.97 Å². The second-order valence-electron chi connectivity index (χ2n) is 5.44. The third-order valence-corrected chi connectivity index (χ3v) is 5.35. The van der Waals surface area contributed by atoms with Crippen LogP contribution in [0.4, 0.5) is 5.13 Å². The Morgan fingerprint density at radius 3 is 2.86 bits per heavy atom. The van der Waals surface area contributed by atoms with Crippen molar-refractivity contribution in [1.82, 2.24) is 9.88 Å². The van der Waals surface area contributed by atoms with Crippen LogP contribution in [0.5, 0.6) is 0 Å². The van der Waals surface area contributed by atoms with Gasteiger partial charge in [0.15, 0.2) is 5.13 Å². The molecule has 1 atom stereocenters. The van der Waals surface area contributed by atoms with E-state index in [-0.39, 0.29) is 5.97 Å². The van der Waals surface area contributed by atoms with Crippen LogP contribution in [-0.4, -0.2) is 68.4 Å². The number of hydrogen-bond donors (Lipinski definition) is 0. The summed E-state index contributed by atoms with van der Waals surface area (Å²) in [6.45, 7) is 7.54. The number of carbonyl (C=O) groups excluding carboxylic acids is 1. The minimum absolute atomic E-state index is 0.292. The molecule has 0 aliphatic carbocycles. The van der Waals surface area contributed by atoms with Crippen molar-refractivity contribution < 1.29 is 14.3 Å². The average Bonchev–Trinajstić information content (AvgIpc) is 3.14. The zero-order valence-electron chi connectivity index (χ0n) is 12.5. The van der Waals surface area contributed by atoms with Gasteiger partial charge in [-0.25, -0.2) is 9.78 Å². The number of methoxy groups -OCH3 is 1. The van der Waals surface area contributed by atoms with Crippen molar-refractivity contribution in [2.45, 2.75) is 19.4 Å². The summed E-state index contributed by atoms with van der Waals surface area (Å²) in [6, 6.07) is 0.569. The van der Waals surface area contributed by atoms with E-state index in [1.54, 1.807) is 0 Å². The van der Waals surface area contributed by atoms with Gasteiger partial charge < -0.3 is 14.4 Å². The predicted octanol–water partition coefficient (Wildman–Crippen LogP) is 1.15. The topological polar surface area (TPSA) is 54.9 Å². The van der Waals surface area contributed by atoms with Crippen molar-refractivity contribution in [3.63, 3.8) is 0 Å². The van der Waals surface area contributed by atoms with Crippen LogP contribution in [0.25, 0.3) is 0 Å². The van der Waals surface area contributed by atoms with Crippen molar-refractivity contribution in [3.8, 4) is 0 Å². The Balaban J connectivity index is 1.67. The summed E-state index contributed by atoms with van der Waals surface area (Å²) in [7, 11) is 1.41. The highest BCUT2D eigenvalue weighted by molar-refractivity contribution is 7.17. The second kappa shape index (κ2) is 6.29. The lowest BCUT2D eigenvalue weighted by molar-refractivity contribution is 0.0209. The van der Waals surface area contributed by atoms with E-state index in [0.717, 1.165) is 56.6 Å². The number of aromatic nitrogens is 1. The Labute approximate surface area is 128 Å². The molecule has 116 valence electrons. The molecule has 2 saturated heterocycles. The molecule has 0 aromatic carbocycles. The molecule has 1 aromatic heterocycles. The fourth-order valence-electron chi connectivity index (χ4n) is 2.96. The second-order valence-corrected chi connectivity index (χ2v) is 6.42. The molecule has 0 bridgehead atoms. The van der Waals surface area contributed by atoms with E-state index >= 15 is 0 Å². The molecule has 3 heterocycles. The molecule has 2 aliphatic heterocycles. The van der Waals surface area contributed by atoms with Gasteiger partial charge in [0.2, 0.25) is 0 Å². The molecule has 7 heteroatoms. The van der Waals surface area contributed by atoms with Crippen molar-refractivity contribution in [2.24, 2.45) is 0 Å². The molecular weight excluding hydrogens is 290 g/mol. The fraction of sp³-hybridized carbons (Fsp3) is 0.714. The number of anilines is 1. The van der Waals surface area contributed by atoms with Crippen molar-refractivity contribution in [2.75, 3.05) is 51.4 Å². The first-order valence-corrected chi connectivity index (χ1v) is 8.13. The molecule has 0 amide bonds. The number of ether oxygens (including phenoxy) is 2. The van der Waals surface area contributed by atoms with E-state index in [4.69, 9.17) is 9.47 Å². The van der Waals surface area contributed by atoms with Gasteiger partial charge in [0.05, 0.1) is 26.0 Å². The molecule has 1 aromatic rings. The maximum atomic E-state index is 11.7. The number of aryl methyl sites for hydroxylation is 1. The van der Waals surface area contributed by atoms with Crippen molar-refractivity contribution >= 4 is 22.4 Å². The highest BCUT2D eigenvalue weighted by atomic mass is 32.1. The van der Waals surface area contributed by atoms with Crippen LogP contribution in [0.2, 0.25) is 0 Å². The van der Waals surface area contributed by atoms with Crippen LogP contribution in [0, 0.1) is 6.92 Å². The minimum atomic E-state index is -0.292. The van der Waals surface area contributed by atoms with Crippen LogP contribution in [-0.2, 0) is 9.47 Å². The lowest BCUT2D eigenvalue weighted by atomic mass is 10.2. The first kappa shape index (κ1) is 14.7. The third kappa shape index (κ3) is 3.04. The van der Waals surface area contributed by atoms with Crippen molar-refractivity contribution in [3.05, 3.63) is 10.6 Å². The average molecular weight is 311 g/mol.